The number of Topliss-reactive ketones (excluding diaryl/α,β-unsaturated/α-hetero) is 1. The molecule has 0 spiro atoms. The molecule has 8 nitrogen and oxygen atoms in total. The average Bonchev–Trinajstić information content (AvgIpc) is 3.43. The van der Waals surface area contributed by atoms with Crippen LogP contribution in [0.5, 0.6) is 11.5 Å². The summed E-state index contributed by atoms with van der Waals surface area (Å²) in [6.07, 6.45) is 2.22. The standard InChI is InChI=1S/C22H21FN4O4/c1-4-21-26-22(31-27-21)12-5-6-19(29-2)17(7-12)25-11-18(28)14-10-24-16-9-20(30-3)15(23)8-13(14)16/h5-10,24-25H,4,11H2,1-3H3. The Bertz CT molecular complexity index is 1250. The maximum atomic E-state index is 14.1. The molecule has 0 aliphatic carbocycles. The van der Waals surface area contributed by atoms with Crippen molar-refractivity contribution in [2.24, 2.45) is 0 Å². The molecular weight excluding hydrogens is 403 g/mol. The fourth-order valence-electron chi connectivity index (χ4n) is 3.28. The van der Waals surface area contributed by atoms with Crippen LogP contribution in [0.2, 0.25) is 0 Å². The van der Waals surface area contributed by atoms with Gasteiger partial charge in [0.15, 0.2) is 23.2 Å². The Hall–Kier alpha value is -3.88. The summed E-state index contributed by atoms with van der Waals surface area (Å²) in [5, 5.41) is 7.48. The Morgan fingerprint density at radius 2 is 2.00 bits per heavy atom. The highest BCUT2D eigenvalue weighted by atomic mass is 19.1. The molecule has 0 saturated heterocycles. The van der Waals surface area contributed by atoms with Crippen LogP contribution in [-0.4, -0.2) is 41.7 Å². The second-order valence-electron chi connectivity index (χ2n) is 6.80. The number of halogens is 1. The fraction of sp³-hybridized carbons (Fsp3) is 0.227. The highest BCUT2D eigenvalue weighted by Gasteiger charge is 2.17. The van der Waals surface area contributed by atoms with Crippen molar-refractivity contribution in [2.45, 2.75) is 13.3 Å². The Morgan fingerprint density at radius 3 is 2.71 bits per heavy atom. The highest BCUT2D eigenvalue weighted by Crippen LogP contribution is 2.31. The van der Waals surface area contributed by atoms with Crippen LogP contribution >= 0.6 is 0 Å². The number of carbonyl (C=O) groups is 1. The van der Waals surface area contributed by atoms with E-state index in [1.807, 2.05) is 6.92 Å². The molecule has 0 radical (unpaired) electrons. The molecule has 0 fully saturated rings. The Balaban J connectivity index is 1.57. The third kappa shape index (κ3) is 3.94. The van der Waals surface area contributed by atoms with Crippen LogP contribution in [0.3, 0.4) is 0 Å². The number of hydrogen-bond acceptors (Lipinski definition) is 7. The Morgan fingerprint density at radius 1 is 1.19 bits per heavy atom. The van der Waals surface area contributed by atoms with Crippen LogP contribution in [0.25, 0.3) is 22.4 Å². The molecule has 4 aromatic rings. The molecule has 2 aromatic carbocycles. The van der Waals surface area contributed by atoms with Gasteiger partial charge in [0.1, 0.15) is 5.75 Å². The molecule has 2 N–H and O–H groups in total. The number of hydrogen-bond donors (Lipinski definition) is 2. The van der Waals surface area contributed by atoms with Crippen LogP contribution in [-0.2, 0) is 6.42 Å². The second kappa shape index (κ2) is 8.47. The molecule has 31 heavy (non-hydrogen) atoms. The molecule has 4 rings (SSSR count). The maximum absolute atomic E-state index is 14.1. The van der Waals surface area contributed by atoms with E-state index in [4.69, 9.17) is 14.0 Å². The first-order chi connectivity index (χ1) is 15.0. The van der Waals surface area contributed by atoms with Crippen molar-refractivity contribution in [3.8, 4) is 23.0 Å². The number of rotatable bonds is 8. The van der Waals surface area contributed by atoms with Gasteiger partial charge in [0.25, 0.3) is 5.89 Å². The number of methoxy groups -OCH3 is 2. The van der Waals surface area contributed by atoms with E-state index in [2.05, 4.69) is 20.4 Å². The van der Waals surface area contributed by atoms with E-state index in [0.717, 1.165) is 0 Å². The van der Waals surface area contributed by atoms with Crippen LogP contribution in [0.4, 0.5) is 10.1 Å². The SMILES string of the molecule is CCc1noc(-c2ccc(OC)c(NCC(=O)c3c[nH]c4cc(OC)c(F)cc34)c2)n1. The van der Waals surface area contributed by atoms with Gasteiger partial charge < -0.3 is 24.3 Å². The molecule has 9 heteroatoms. The lowest BCUT2D eigenvalue weighted by molar-refractivity contribution is 0.101. The van der Waals surface area contributed by atoms with Crippen molar-refractivity contribution < 1.29 is 23.2 Å². The molecule has 0 aliphatic heterocycles. The van der Waals surface area contributed by atoms with Gasteiger partial charge >= 0.3 is 0 Å². The van der Waals surface area contributed by atoms with Gasteiger partial charge in [0.2, 0.25) is 0 Å². The van der Waals surface area contributed by atoms with Crippen LogP contribution in [0.15, 0.2) is 41.1 Å². The third-order valence-corrected chi connectivity index (χ3v) is 4.92. The van der Waals surface area contributed by atoms with Gasteiger partial charge in [-0.2, -0.15) is 4.98 Å². The van der Waals surface area contributed by atoms with Crippen LogP contribution in [0, 0.1) is 5.82 Å². The normalized spacial score (nSPS) is 11.0. The minimum atomic E-state index is -0.531. The van der Waals surface area contributed by atoms with Crippen molar-refractivity contribution in [1.82, 2.24) is 15.1 Å². The summed E-state index contributed by atoms with van der Waals surface area (Å²) in [5.41, 5.74) is 2.29. The minimum absolute atomic E-state index is 0.0234. The molecule has 0 aliphatic rings. The number of H-pyrrole nitrogens is 1. The number of nitrogens with one attached hydrogen (secondary N) is 2. The van der Waals surface area contributed by atoms with E-state index < -0.39 is 5.82 Å². The van der Waals surface area contributed by atoms with Gasteiger partial charge in [-0.3, -0.25) is 4.79 Å². The maximum Gasteiger partial charge on any atom is 0.257 e. The number of nitrogens with zero attached hydrogens (tertiary/aromatic N) is 2. The predicted octanol–water partition coefficient (Wildman–Crippen LogP) is 4.23. The van der Waals surface area contributed by atoms with Crippen LogP contribution < -0.4 is 14.8 Å². The monoisotopic (exact) mass is 424 g/mol. The van der Waals surface area contributed by atoms with Gasteiger partial charge in [-0.25, -0.2) is 4.39 Å². The van der Waals surface area contributed by atoms with E-state index in [1.54, 1.807) is 31.5 Å². The van der Waals surface area contributed by atoms with Gasteiger partial charge in [0, 0.05) is 35.2 Å². The molecule has 160 valence electrons. The first-order valence-electron chi connectivity index (χ1n) is 9.66. The van der Waals surface area contributed by atoms with Crippen molar-refractivity contribution in [1.29, 1.82) is 0 Å². The van der Waals surface area contributed by atoms with Gasteiger partial charge in [-0.15, -0.1) is 0 Å². The average molecular weight is 424 g/mol. The van der Waals surface area contributed by atoms with Crippen molar-refractivity contribution in [3.63, 3.8) is 0 Å². The number of anilines is 1. The largest absolute Gasteiger partial charge is 0.495 e. The lowest BCUT2D eigenvalue weighted by Gasteiger charge is -2.11. The smallest absolute Gasteiger partial charge is 0.257 e. The van der Waals surface area contributed by atoms with Crippen LogP contribution in [0.1, 0.15) is 23.1 Å². The van der Waals surface area contributed by atoms with E-state index in [0.29, 0.717) is 51.6 Å². The first-order valence-corrected chi connectivity index (χ1v) is 9.66. The second-order valence-corrected chi connectivity index (χ2v) is 6.80. The third-order valence-electron chi connectivity index (χ3n) is 4.92. The van der Waals surface area contributed by atoms with Gasteiger partial charge in [0.05, 0.1) is 32.0 Å². The molecular formula is C22H21FN4O4. The number of aromatic amines is 1. The van der Waals surface area contributed by atoms with Crippen molar-refractivity contribution in [2.75, 3.05) is 26.1 Å². The highest BCUT2D eigenvalue weighted by molar-refractivity contribution is 6.09. The minimum Gasteiger partial charge on any atom is -0.495 e. The summed E-state index contributed by atoms with van der Waals surface area (Å²) in [6.45, 7) is 1.92. The topological polar surface area (TPSA) is 102 Å². The number of ether oxygens (including phenoxy) is 2. The summed E-state index contributed by atoms with van der Waals surface area (Å²) in [4.78, 5) is 20.1. The zero-order valence-corrected chi connectivity index (χ0v) is 17.3. The molecule has 0 bridgehead atoms. The quantitative estimate of drug-likeness (QED) is 0.408. The van der Waals surface area contributed by atoms with E-state index >= 15 is 0 Å². The predicted molar refractivity (Wildman–Crippen MR) is 113 cm³/mol. The summed E-state index contributed by atoms with van der Waals surface area (Å²) in [5.74, 6) is 0.918. The number of aryl methyl sites for hydroxylation is 1. The number of ketones is 1. The molecule has 0 unspecified atom stereocenters. The number of aromatic nitrogens is 3. The first kappa shape index (κ1) is 20.4. The number of fused-ring (bicyclic) bond motifs is 1. The number of benzene rings is 2. The van der Waals surface area contributed by atoms with E-state index in [-0.39, 0.29) is 18.1 Å². The Labute approximate surface area is 177 Å². The molecule has 0 saturated carbocycles. The summed E-state index contributed by atoms with van der Waals surface area (Å²) < 4.78 is 29.8. The van der Waals surface area contributed by atoms with Crippen molar-refractivity contribution >= 4 is 22.4 Å². The lowest BCUT2D eigenvalue weighted by Crippen LogP contribution is -2.14. The lowest BCUT2D eigenvalue weighted by atomic mass is 10.1. The summed E-state index contributed by atoms with van der Waals surface area (Å²) >= 11 is 0. The fourth-order valence-corrected chi connectivity index (χ4v) is 3.28. The summed E-state index contributed by atoms with van der Waals surface area (Å²) in [6, 6.07) is 8.15. The summed E-state index contributed by atoms with van der Waals surface area (Å²) in [7, 11) is 2.93. The van der Waals surface area contributed by atoms with Gasteiger partial charge in [-0.05, 0) is 24.3 Å². The molecule has 0 amide bonds. The zero-order valence-electron chi connectivity index (χ0n) is 17.3. The van der Waals surface area contributed by atoms with E-state index in [1.165, 1.54) is 19.2 Å². The Kier molecular flexibility index (Phi) is 5.57. The van der Waals surface area contributed by atoms with Gasteiger partial charge in [-0.1, -0.05) is 12.1 Å². The molecule has 2 aromatic heterocycles. The molecule has 2 heterocycles. The molecule has 0 atom stereocenters. The van der Waals surface area contributed by atoms with Crippen molar-refractivity contribution in [3.05, 3.63) is 53.7 Å². The van der Waals surface area contributed by atoms with E-state index in [9.17, 15) is 9.18 Å². The zero-order chi connectivity index (χ0) is 22.0. The number of carbonyl (C=O) groups excluding carboxylic acids is 1.